The normalized spacial score (nSPS) is 14.1. The third-order valence-corrected chi connectivity index (χ3v) is 5.56. The summed E-state index contributed by atoms with van der Waals surface area (Å²) in [5, 5.41) is 2.86. The number of rotatable bonds is 8. The number of fused-ring (bicyclic) bond motifs is 1. The van der Waals surface area contributed by atoms with Gasteiger partial charge in [0.1, 0.15) is 17.0 Å². The summed E-state index contributed by atoms with van der Waals surface area (Å²) in [5.41, 5.74) is 4.93. The summed E-state index contributed by atoms with van der Waals surface area (Å²) in [6.45, 7) is 3.10. The van der Waals surface area contributed by atoms with Crippen molar-refractivity contribution in [2.75, 3.05) is 19.9 Å². The molecule has 2 aromatic heterocycles. The summed E-state index contributed by atoms with van der Waals surface area (Å²) in [7, 11) is -2.15. The molecule has 0 radical (unpaired) electrons. The molecule has 0 aliphatic carbocycles. The van der Waals surface area contributed by atoms with E-state index in [2.05, 4.69) is 20.0 Å². The van der Waals surface area contributed by atoms with Crippen LogP contribution >= 0.6 is 0 Å². The van der Waals surface area contributed by atoms with E-state index >= 15 is 0 Å². The quantitative estimate of drug-likeness (QED) is 0.414. The fourth-order valence-corrected chi connectivity index (χ4v) is 3.79. The molecule has 0 saturated heterocycles. The molecule has 10 nitrogen and oxygen atoms in total. The fraction of sp³-hybridized carbons (Fsp3) is 0.381. The number of amides is 1. The molecule has 0 aliphatic heterocycles. The van der Waals surface area contributed by atoms with Crippen molar-refractivity contribution in [1.82, 2.24) is 20.0 Å². The fourth-order valence-electron chi connectivity index (χ4n) is 3.24. The van der Waals surface area contributed by atoms with Crippen molar-refractivity contribution in [3.63, 3.8) is 0 Å². The molecule has 4 N–H and O–H groups in total. The predicted molar refractivity (Wildman–Crippen MR) is 121 cm³/mol. The lowest BCUT2D eigenvalue weighted by Crippen LogP contribution is -2.42. The molecule has 2 heterocycles. The van der Waals surface area contributed by atoms with E-state index in [1.807, 2.05) is 0 Å². The van der Waals surface area contributed by atoms with E-state index in [-0.39, 0.29) is 46.1 Å². The number of benzene rings is 1. The summed E-state index contributed by atoms with van der Waals surface area (Å²) >= 11 is 0. The standard InChI is InChI=1S/C21H24F3N5O5S/c1-10(9-26-35(4,31)32)27-19(30)17-18(11(2)25)34-20(29-17)13-5-7-14(33-3)16-12(13)6-8-15(28-16)21(22,23)24/h5-8,10-11,26H,9,25H2,1-4H3,(H,27,30)/t10-,11-/m0/s1. The van der Waals surface area contributed by atoms with Gasteiger partial charge in [0.25, 0.3) is 5.91 Å². The topological polar surface area (TPSA) is 149 Å². The minimum Gasteiger partial charge on any atom is -0.494 e. The number of ether oxygens (including phenoxy) is 1. The van der Waals surface area contributed by atoms with Crippen LogP contribution in [0.2, 0.25) is 0 Å². The number of halogens is 3. The summed E-state index contributed by atoms with van der Waals surface area (Å²) in [5.74, 6) is -0.562. The summed E-state index contributed by atoms with van der Waals surface area (Å²) in [4.78, 5) is 20.8. The van der Waals surface area contributed by atoms with Gasteiger partial charge in [-0.05, 0) is 38.1 Å². The van der Waals surface area contributed by atoms with Gasteiger partial charge >= 0.3 is 6.18 Å². The van der Waals surface area contributed by atoms with Gasteiger partial charge in [-0.2, -0.15) is 13.2 Å². The number of nitrogens with zero attached hydrogens (tertiary/aromatic N) is 2. The minimum atomic E-state index is -4.66. The van der Waals surface area contributed by atoms with Crippen LogP contribution in [0.25, 0.3) is 22.4 Å². The van der Waals surface area contributed by atoms with Crippen LogP contribution in [-0.4, -0.2) is 50.2 Å². The Morgan fingerprint density at radius 2 is 1.89 bits per heavy atom. The molecule has 0 saturated carbocycles. The van der Waals surface area contributed by atoms with Crippen molar-refractivity contribution in [2.45, 2.75) is 32.1 Å². The maximum absolute atomic E-state index is 13.2. The molecule has 0 aliphatic rings. The summed E-state index contributed by atoms with van der Waals surface area (Å²) < 4.78 is 75.4. The summed E-state index contributed by atoms with van der Waals surface area (Å²) in [6, 6.07) is 3.64. The molecule has 14 heteroatoms. The van der Waals surface area contributed by atoms with Crippen molar-refractivity contribution in [3.8, 4) is 17.2 Å². The maximum Gasteiger partial charge on any atom is 0.433 e. The van der Waals surface area contributed by atoms with Gasteiger partial charge in [-0.3, -0.25) is 4.79 Å². The first-order valence-electron chi connectivity index (χ1n) is 10.3. The Balaban J connectivity index is 2.04. The number of carbonyl (C=O) groups is 1. The zero-order valence-electron chi connectivity index (χ0n) is 19.2. The van der Waals surface area contributed by atoms with E-state index in [0.29, 0.717) is 0 Å². The third-order valence-electron chi connectivity index (χ3n) is 4.87. The molecule has 3 rings (SSSR count). The Morgan fingerprint density at radius 3 is 2.46 bits per heavy atom. The van der Waals surface area contributed by atoms with Gasteiger partial charge in [-0.15, -0.1) is 0 Å². The number of carbonyl (C=O) groups excluding carboxylic acids is 1. The van der Waals surface area contributed by atoms with Crippen LogP contribution in [0, 0.1) is 0 Å². The summed E-state index contributed by atoms with van der Waals surface area (Å²) in [6.07, 6.45) is -3.67. The van der Waals surface area contributed by atoms with Crippen LogP contribution in [0.4, 0.5) is 13.2 Å². The van der Waals surface area contributed by atoms with E-state index < -0.39 is 39.9 Å². The molecule has 1 amide bonds. The van der Waals surface area contributed by atoms with Crippen molar-refractivity contribution in [1.29, 1.82) is 0 Å². The van der Waals surface area contributed by atoms with E-state index in [0.717, 1.165) is 12.3 Å². The predicted octanol–water partition coefficient (Wildman–Crippen LogP) is 2.60. The van der Waals surface area contributed by atoms with Gasteiger partial charge in [0.05, 0.1) is 19.4 Å². The number of aromatic nitrogens is 2. The van der Waals surface area contributed by atoms with Crippen LogP contribution in [0.15, 0.2) is 28.7 Å². The number of hydrogen-bond donors (Lipinski definition) is 3. The molecule has 0 spiro atoms. The zero-order valence-corrected chi connectivity index (χ0v) is 20.0. The molecule has 0 bridgehead atoms. The van der Waals surface area contributed by atoms with E-state index in [1.54, 1.807) is 13.8 Å². The lowest BCUT2D eigenvalue weighted by Gasteiger charge is -2.13. The maximum atomic E-state index is 13.2. The van der Waals surface area contributed by atoms with Crippen LogP contribution in [0.3, 0.4) is 0 Å². The highest BCUT2D eigenvalue weighted by Gasteiger charge is 2.33. The zero-order chi connectivity index (χ0) is 26.1. The molecular weight excluding hydrogens is 491 g/mol. The highest BCUT2D eigenvalue weighted by Crippen LogP contribution is 2.37. The molecular formula is C21H24F3N5O5S. The van der Waals surface area contributed by atoms with E-state index in [9.17, 15) is 26.4 Å². The van der Waals surface area contributed by atoms with Crippen LogP contribution in [0.1, 0.15) is 41.8 Å². The average molecular weight is 516 g/mol. The second kappa shape index (κ2) is 9.79. The number of sulfonamides is 1. The third kappa shape index (κ3) is 6.07. The molecule has 0 fully saturated rings. The number of nitrogens with one attached hydrogen (secondary N) is 2. The van der Waals surface area contributed by atoms with Gasteiger partial charge in [-0.1, -0.05) is 0 Å². The lowest BCUT2D eigenvalue weighted by molar-refractivity contribution is -0.140. The van der Waals surface area contributed by atoms with Gasteiger partial charge in [0, 0.05) is 23.5 Å². The van der Waals surface area contributed by atoms with Gasteiger partial charge in [-0.25, -0.2) is 23.1 Å². The Morgan fingerprint density at radius 1 is 1.20 bits per heavy atom. The minimum absolute atomic E-state index is 0.0459. The highest BCUT2D eigenvalue weighted by molar-refractivity contribution is 7.88. The number of methoxy groups -OCH3 is 1. The molecule has 35 heavy (non-hydrogen) atoms. The second-order valence-corrected chi connectivity index (χ2v) is 9.75. The Labute approximate surface area is 199 Å². The van der Waals surface area contributed by atoms with Crippen molar-refractivity contribution < 1.29 is 35.5 Å². The van der Waals surface area contributed by atoms with Gasteiger partial charge in [0.2, 0.25) is 15.9 Å². The monoisotopic (exact) mass is 515 g/mol. The highest BCUT2D eigenvalue weighted by atomic mass is 32.2. The Hall–Kier alpha value is -3.23. The van der Waals surface area contributed by atoms with Gasteiger partial charge < -0.3 is 20.2 Å². The van der Waals surface area contributed by atoms with Crippen LogP contribution in [0.5, 0.6) is 5.75 Å². The number of oxazole rings is 1. The number of pyridine rings is 1. The SMILES string of the molecule is COc1ccc(-c2nc(C(=O)N[C@@H](C)CNS(C)(=O)=O)c([C@H](C)N)o2)c2ccc(C(F)(F)F)nc12. The van der Waals surface area contributed by atoms with Crippen molar-refractivity contribution in [3.05, 3.63) is 41.4 Å². The molecule has 190 valence electrons. The Bertz CT molecular complexity index is 1360. The molecule has 1 aromatic carbocycles. The molecule has 2 atom stereocenters. The number of alkyl halides is 3. The second-order valence-electron chi connectivity index (χ2n) is 7.92. The first kappa shape index (κ1) is 26.4. The number of hydrogen-bond acceptors (Lipinski definition) is 8. The lowest BCUT2D eigenvalue weighted by atomic mass is 10.1. The largest absolute Gasteiger partial charge is 0.494 e. The first-order valence-corrected chi connectivity index (χ1v) is 12.2. The Kier molecular flexibility index (Phi) is 7.38. The average Bonchev–Trinajstić information content (AvgIpc) is 3.21. The smallest absolute Gasteiger partial charge is 0.433 e. The van der Waals surface area contributed by atoms with Crippen molar-refractivity contribution >= 4 is 26.8 Å². The number of nitrogens with two attached hydrogens (primary N) is 1. The molecule has 0 unspecified atom stereocenters. The van der Waals surface area contributed by atoms with E-state index in [1.165, 1.54) is 25.3 Å². The molecule has 3 aromatic rings. The van der Waals surface area contributed by atoms with Crippen LogP contribution < -0.4 is 20.5 Å². The van der Waals surface area contributed by atoms with Gasteiger partial charge in [0.15, 0.2) is 11.5 Å². The van der Waals surface area contributed by atoms with E-state index in [4.69, 9.17) is 14.9 Å². The first-order chi connectivity index (χ1) is 16.2. The van der Waals surface area contributed by atoms with Crippen LogP contribution in [-0.2, 0) is 16.2 Å². The van der Waals surface area contributed by atoms with Crippen molar-refractivity contribution in [2.24, 2.45) is 5.73 Å².